The largest absolute Gasteiger partial charge is 0.478 e. The summed E-state index contributed by atoms with van der Waals surface area (Å²) in [5, 5.41) is 22.1. The van der Waals surface area contributed by atoms with Crippen LogP contribution in [0.1, 0.15) is 82.9 Å². The maximum Gasteiger partial charge on any atom is 0.346 e. The molecule has 2 aliphatic rings. The van der Waals surface area contributed by atoms with Crippen molar-refractivity contribution in [3.05, 3.63) is 68.8 Å². The minimum atomic E-state index is -1.63. The lowest BCUT2D eigenvalue weighted by atomic mass is 9.98. The van der Waals surface area contributed by atoms with Gasteiger partial charge < -0.3 is 19.7 Å². The van der Waals surface area contributed by atoms with Crippen LogP contribution < -0.4 is 10.6 Å². The lowest BCUT2D eigenvalue weighted by Gasteiger charge is -2.12. The number of hydrogen-bond acceptors (Lipinski definition) is 11. The van der Waals surface area contributed by atoms with E-state index in [2.05, 4.69) is 9.47 Å². The van der Waals surface area contributed by atoms with Crippen molar-refractivity contribution in [1.29, 1.82) is 0 Å². The van der Waals surface area contributed by atoms with Crippen LogP contribution in [0.5, 0.6) is 0 Å². The number of ether oxygens (including phenoxy) is 2. The normalized spacial score (nSPS) is 13.3. The zero-order valence-electron chi connectivity index (χ0n) is 17.2. The molecule has 4 N–H and O–H groups in total. The van der Waals surface area contributed by atoms with E-state index in [4.69, 9.17) is 12.2 Å². The second kappa shape index (κ2) is 8.48. The van der Waals surface area contributed by atoms with E-state index in [0.717, 1.165) is 24.3 Å². The van der Waals surface area contributed by atoms with Gasteiger partial charge in [0.2, 0.25) is 0 Å². The van der Waals surface area contributed by atoms with Gasteiger partial charge in [0, 0.05) is 0 Å². The van der Waals surface area contributed by atoms with E-state index in [1.54, 1.807) is 0 Å². The fraction of sp³-hybridized carbons (Fsp3) is 0. The Morgan fingerprint density at radius 2 is 0.861 bits per heavy atom. The van der Waals surface area contributed by atoms with E-state index in [1.165, 1.54) is 0 Å². The highest BCUT2D eigenvalue weighted by molar-refractivity contribution is 7.80. The third-order valence-electron chi connectivity index (χ3n) is 4.97. The summed E-state index contributed by atoms with van der Waals surface area (Å²) >= 11 is 4.86. The van der Waals surface area contributed by atoms with Crippen LogP contribution in [-0.2, 0) is 9.47 Å². The third-order valence-corrected chi connectivity index (χ3v) is 5.17. The van der Waals surface area contributed by atoms with Crippen molar-refractivity contribution >= 4 is 65.0 Å². The summed E-state index contributed by atoms with van der Waals surface area (Å²) in [6.45, 7) is 0. The van der Waals surface area contributed by atoms with Crippen molar-refractivity contribution in [2.24, 2.45) is 0 Å². The molecule has 2 aromatic rings. The van der Waals surface area contributed by atoms with Crippen LogP contribution in [0.25, 0.3) is 0 Å². The number of benzene rings is 2. The molecule has 0 fully saturated rings. The Kier molecular flexibility index (Phi) is 5.61. The van der Waals surface area contributed by atoms with Gasteiger partial charge >= 0.3 is 35.8 Å². The molecule has 0 saturated carbocycles. The van der Waals surface area contributed by atoms with Crippen molar-refractivity contribution in [3.63, 3.8) is 0 Å². The van der Waals surface area contributed by atoms with Crippen molar-refractivity contribution in [2.75, 3.05) is 0 Å². The van der Waals surface area contributed by atoms with Gasteiger partial charge in [0.25, 0.3) is 11.8 Å². The number of cyclic esters (lactones) is 4. The molecule has 2 heterocycles. The number of carbonyl (C=O) groups excluding carboxylic acids is 6. The number of fused-ring (bicyclic) bond motifs is 2. The molecular formula is C21H8N2O12S. The second-order valence-corrected chi connectivity index (χ2v) is 7.50. The molecule has 15 heteroatoms. The molecule has 0 radical (unpaired) electrons. The van der Waals surface area contributed by atoms with Crippen LogP contribution >= 0.6 is 12.2 Å². The lowest BCUT2D eigenvalue weighted by molar-refractivity contribution is 0.0425. The van der Waals surface area contributed by atoms with E-state index in [1.807, 2.05) is 10.6 Å². The predicted molar refractivity (Wildman–Crippen MR) is 114 cm³/mol. The van der Waals surface area contributed by atoms with Gasteiger partial charge in [-0.2, -0.15) is 0 Å². The van der Waals surface area contributed by atoms with Gasteiger partial charge in [-0.05, 0) is 36.5 Å². The number of carboxylic acids is 2. The molecule has 2 aliphatic heterocycles. The van der Waals surface area contributed by atoms with Crippen molar-refractivity contribution in [2.45, 2.75) is 0 Å². The van der Waals surface area contributed by atoms with Crippen molar-refractivity contribution in [3.8, 4) is 0 Å². The predicted octanol–water partition coefficient (Wildman–Crippen LogP) is 0.149. The summed E-state index contributed by atoms with van der Waals surface area (Å²) in [5.74, 6) is -10.1. The Hall–Kier alpha value is -5.31. The number of carboxylic acid groups (broad SMARTS) is 2. The molecule has 4 rings (SSSR count). The monoisotopic (exact) mass is 512 g/mol. The standard InChI is InChI=1S/C21H8N2O12S/c24-13(5-1-9-11(3-7(5)15(26)27)19(32)34-17(9)30)22-21(36)23-14(25)6-2-10-12(4-8(6)16(28)29)20(33)35-18(10)31/h1-4H,(H,26,27)(H,28,29)(H2,22,23,24,25,36). The second-order valence-electron chi connectivity index (χ2n) is 7.09. The van der Waals surface area contributed by atoms with E-state index in [-0.39, 0.29) is 22.3 Å². The fourth-order valence-electron chi connectivity index (χ4n) is 3.36. The summed E-state index contributed by atoms with van der Waals surface area (Å²) in [4.78, 5) is 95.3. The van der Waals surface area contributed by atoms with Gasteiger partial charge in [-0.1, -0.05) is 0 Å². The van der Waals surface area contributed by atoms with Crippen LogP contribution in [0, 0.1) is 0 Å². The quantitative estimate of drug-likeness (QED) is 0.244. The van der Waals surface area contributed by atoms with Crippen LogP contribution in [0.15, 0.2) is 24.3 Å². The fourth-order valence-corrected chi connectivity index (χ4v) is 3.55. The molecule has 0 unspecified atom stereocenters. The molecule has 2 amide bonds. The number of nitrogens with one attached hydrogen (secondary N) is 2. The maximum atomic E-state index is 12.7. The molecule has 0 bridgehead atoms. The molecule has 0 aliphatic carbocycles. The van der Waals surface area contributed by atoms with Crippen LogP contribution in [0.3, 0.4) is 0 Å². The van der Waals surface area contributed by atoms with Gasteiger partial charge in [0.05, 0.1) is 44.5 Å². The van der Waals surface area contributed by atoms with E-state index < -0.39 is 75.0 Å². The van der Waals surface area contributed by atoms with Crippen molar-refractivity contribution in [1.82, 2.24) is 10.6 Å². The SMILES string of the molecule is O=C(O)c1cc2c(cc1C(=O)NC(=S)NC(=O)c1cc3c(cc1C(=O)O)C(=O)OC3=O)C(=O)OC2=O. The Morgan fingerprint density at radius 1 is 0.583 bits per heavy atom. The topological polar surface area (TPSA) is 220 Å². The summed E-state index contributed by atoms with van der Waals surface area (Å²) in [5.41, 5.74) is -4.01. The highest BCUT2D eigenvalue weighted by atomic mass is 32.1. The zero-order chi connectivity index (χ0) is 26.5. The minimum Gasteiger partial charge on any atom is -0.478 e. The molecule has 0 atom stereocenters. The Bertz CT molecular complexity index is 1410. The molecule has 0 spiro atoms. The lowest BCUT2D eigenvalue weighted by Crippen LogP contribution is -2.43. The Balaban J connectivity index is 1.59. The first kappa shape index (κ1) is 23.8. The van der Waals surface area contributed by atoms with E-state index >= 15 is 0 Å². The smallest absolute Gasteiger partial charge is 0.346 e. The molecule has 0 saturated heterocycles. The molecule has 0 aromatic heterocycles. The van der Waals surface area contributed by atoms with Crippen LogP contribution in [0.2, 0.25) is 0 Å². The van der Waals surface area contributed by atoms with Crippen LogP contribution in [0.4, 0.5) is 0 Å². The number of carbonyl (C=O) groups is 8. The molecule has 36 heavy (non-hydrogen) atoms. The summed E-state index contributed by atoms with van der Waals surface area (Å²) in [6, 6.07) is 3.14. The Labute approximate surface area is 202 Å². The minimum absolute atomic E-state index is 0.361. The molecular weight excluding hydrogens is 504 g/mol. The van der Waals surface area contributed by atoms with Crippen molar-refractivity contribution < 1.29 is 58.0 Å². The Morgan fingerprint density at radius 3 is 1.14 bits per heavy atom. The molecule has 14 nitrogen and oxygen atoms in total. The van der Waals surface area contributed by atoms with Crippen LogP contribution in [-0.4, -0.2) is 63.0 Å². The maximum absolute atomic E-state index is 12.7. The summed E-state index contributed by atoms with van der Waals surface area (Å²) in [6.07, 6.45) is 0. The molecule has 180 valence electrons. The number of amides is 2. The first-order valence-electron chi connectivity index (χ1n) is 9.41. The summed E-state index contributed by atoms with van der Waals surface area (Å²) < 4.78 is 8.75. The van der Waals surface area contributed by atoms with Gasteiger partial charge in [0.1, 0.15) is 0 Å². The third kappa shape index (κ3) is 3.94. The first-order valence-corrected chi connectivity index (χ1v) is 9.82. The van der Waals surface area contributed by atoms with Gasteiger partial charge in [-0.3, -0.25) is 20.2 Å². The first-order chi connectivity index (χ1) is 16.9. The average molecular weight is 512 g/mol. The average Bonchev–Trinajstić information content (AvgIpc) is 3.25. The highest BCUT2D eigenvalue weighted by Crippen LogP contribution is 2.26. The van der Waals surface area contributed by atoms with E-state index in [0.29, 0.717) is 0 Å². The van der Waals surface area contributed by atoms with E-state index in [9.17, 15) is 48.6 Å². The van der Waals surface area contributed by atoms with Gasteiger partial charge in [0.15, 0.2) is 5.11 Å². The number of aromatic carboxylic acids is 2. The van der Waals surface area contributed by atoms with Gasteiger partial charge in [-0.15, -0.1) is 0 Å². The number of esters is 4. The summed E-state index contributed by atoms with van der Waals surface area (Å²) in [7, 11) is 0. The highest BCUT2D eigenvalue weighted by Gasteiger charge is 2.35. The van der Waals surface area contributed by atoms with Gasteiger partial charge in [-0.25, -0.2) is 28.8 Å². The zero-order valence-corrected chi connectivity index (χ0v) is 18.0. The number of hydrogen-bond donors (Lipinski definition) is 4. The molecule has 2 aromatic carbocycles. The number of rotatable bonds is 4. The number of thiocarbonyl (C=S) groups is 1.